The van der Waals surface area contributed by atoms with E-state index in [0.717, 1.165) is 23.8 Å². The van der Waals surface area contributed by atoms with Crippen LogP contribution in [0.5, 0.6) is 0 Å². The van der Waals surface area contributed by atoms with Crippen LogP contribution in [0.4, 0.5) is 4.79 Å². The van der Waals surface area contributed by atoms with Gasteiger partial charge in [-0.25, -0.2) is 13.2 Å². The first-order chi connectivity index (χ1) is 14.9. The van der Waals surface area contributed by atoms with Crippen LogP contribution in [0.25, 0.3) is 10.9 Å². The lowest BCUT2D eigenvalue weighted by molar-refractivity contribution is 0.0138. The number of aromatic nitrogens is 1. The van der Waals surface area contributed by atoms with Gasteiger partial charge in [0.25, 0.3) is 0 Å². The first-order valence-corrected chi connectivity index (χ1v) is 12.7. The number of hydrogen-bond donors (Lipinski definition) is 0. The summed E-state index contributed by atoms with van der Waals surface area (Å²) in [5.74, 6) is 0.0404. The number of carbonyl (C=O) groups is 1. The molecule has 2 heterocycles. The van der Waals surface area contributed by atoms with Crippen molar-refractivity contribution in [3.8, 4) is 0 Å². The number of sulfonamides is 1. The fourth-order valence-electron chi connectivity index (χ4n) is 4.08. The Hall–Kier alpha value is -2.19. The molecule has 3 rings (SSSR count). The molecule has 0 aliphatic carbocycles. The van der Waals surface area contributed by atoms with Crippen LogP contribution in [0.3, 0.4) is 0 Å². The number of para-hydroxylation sites is 1. The van der Waals surface area contributed by atoms with Gasteiger partial charge in [0.05, 0.1) is 5.52 Å². The number of amides is 1. The van der Waals surface area contributed by atoms with E-state index in [2.05, 4.69) is 4.98 Å². The van der Waals surface area contributed by atoms with Crippen molar-refractivity contribution in [1.82, 2.24) is 14.2 Å². The zero-order valence-electron chi connectivity index (χ0n) is 20.0. The molecule has 8 heteroatoms. The lowest BCUT2D eigenvalue weighted by Crippen LogP contribution is -2.48. The molecule has 1 aromatic heterocycles. The standard InChI is InChI=1S/C24H35N3O4S/c1-17(2)27(23(28)31-24(4,5)6)16-19-9-8-12-26(15-19)32(29,30)21-11-7-10-20-13-18(3)14-25-22(20)21/h7,10-11,13-14,17,19H,8-9,12,15-16H2,1-6H3/t19-/m0/s1. The summed E-state index contributed by atoms with van der Waals surface area (Å²) in [5.41, 5.74) is 0.907. The number of carbonyl (C=O) groups excluding carboxylic acids is 1. The van der Waals surface area contributed by atoms with E-state index in [-0.39, 0.29) is 22.9 Å². The molecule has 0 unspecified atom stereocenters. The van der Waals surface area contributed by atoms with Crippen molar-refractivity contribution in [2.45, 2.75) is 70.9 Å². The molecule has 7 nitrogen and oxygen atoms in total. The highest BCUT2D eigenvalue weighted by Gasteiger charge is 2.34. The van der Waals surface area contributed by atoms with E-state index < -0.39 is 15.6 Å². The summed E-state index contributed by atoms with van der Waals surface area (Å²) in [6.07, 6.45) is 2.95. The van der Waals surface area contributed by atoms with Crippen LogP contribution in [-0.4, -0.2) is 60.0 Å². The van der Waals surface area contributed by atoms with Gasteiger partial charge in [-0.1, -0.05) is 12.1 Å². The van der Waals surface area contributed by atoms with E-state index in [9.17, 15) is 13.2 Å². The molecular weight excluding hydrogens is 426 g/mol. The predicted octanol–water partition coefficient (Wildman–Crippen LogP) is 4.59. The fourth-order valence-corrected chi connectivity index (χ4v) is 5.80. The van der Waals surface area contributed by atoms with E-state index in [4.69, 9.17) is 4.74 Å². The molecule has 1 saturated heterocycles. The van der Waals surface area contributed by atoms with Gasteiger partial charge in [-0.2, -0.15) is 4.31 Å². The Labute approximate surface area is 191 Å². The number of aryl methyl sites for hydroxylation is 1. The third-order valence-electron chi connectivity index (χ3n) is 5.62. The zero-order valence-corrected chi connectivity index (χ0v) is 20.8. The maximum absolute atomic E-state index is 13.6. The van der Waals surface area contributed by atoms with Crippen molar-refractivity contribution in [3.63, 3.8) is 0 Å². The van der Waals surface area contributed by atoms with Crippen LogP contribution in [-0.2, 0) is 14.8 Å². The average Bonchev–Trinajstić information content (AvgIpc) is 2.70. The summed E-state index contributed by atoms with van der Waals surface area (Å²) in [7, 11) is -3.70. The van der Waals surface area contributed by atoms with Crippen LogP contribution in [0.2, 0.25) is 0 Å². The van der Waals surface area contributed by atoms with Gasteiger partial charge in [-0.15, -0.1) is 0 Å². The summed E-state index contributed by atoms with van der Waals surface area (Å²) in [5, 5.41) is 0.815. The van der Waals surface area contributed by atoms with Gasteiger partial charge in [0.1, 0.15) is 10.5 Å². The van der Waals surface area contributed by atoms with Crippen molar-refractivity contribution in [1.29, 1.82) is 0 Å². The minimum Gasteiger partial charge on any atom is -0.444 e. The molecule has 176 valence electrons. The maximum Gasteiger partial charge on any atom is 0.410 e. The van der Waals surface area contributed by atoms with E-state index in [0.29, 0.717) is 25.2 Å². The summed E-state index contributed by atoms with van der Waals surface area (Å²) in [6, 6.07) is 7.18. The van der Waals surface area contributed by atoms with Crippen LogP contribution < -0.4 is 0 Å². The van der Waals surface area contributed by atoms with Gasteiger partial charge < -0.3 is 9.64 Å². The average molecular weight is 462 g/mol. The molecule has 0 bridgehead atoms. The Morgan fingerprint density at radius 3 is 2.69 bits per heavy atom. The third-order valence-corrected chi connectivity index (χ3v) is 7.51. The Bertz CT molecular complexity index is 1080. The minimum atomic E-state index is -3.70. The van der Waals surface area contributed by atoms with E-state index >= 15 is 0 Å². The van der Waals surface area contributed by atoms with Gasteiger partial charge in [0.15, 0.2) is 0 Å². The second-order valence-electron chi connectivity index (χ2n) is 9.94. The van der Waals surface area contributed by atoms with Gasteiger partial charge >= 0.3 is 6.09 Å². The topological polar surface area (TPSA) is 79.8 Å². The molecule has 32 heavy (non-hydrogen) atoms. The molecule has 1 aliphatic rings. The maximum atomic E-state index is 13.6. The molecule has 1 amide bonds. The number of benzene rings is 1. The molecule has 2 aromatic rings. The monoisotopic (exact) mass is 461 g/mol. The third kappa shape index (κ3) is 5.59. The van der Waals surface area contributed by atoms with Crippen LogP contribution in [0, 0.1) is 12.8 Å². The number of piperidine rings is 1. The van der Waals surface area contributed by atoms with Crippen LogP contribution >= 0.6 is 0 Å². The Balaban J connectivity index is 1.81. The molecule has 0 N–H and O–H groups in total. The lowest BCUT2D eigenvalue weighted by atomic mass is 9.98. The van der Waals surface area contributed by atoms with Gasteiger partial charge in [0.2, 0.25) is 10.0 Å². The number of pyridine rings is 1. The van der Waals surface area contributed by atoms with Gasteiger partial charge in [-0.3, -0.25) is 4.98 Å². The SMILES string of the molecule is Cc1cnc2c(S(=O)(=O)N3CCC[C@H](CN(C(=O)OC(C)(C)C)C(C)C)C3)cccc2c1. The number of nitrogens with zero attached hydrogens (tertiary/aromatic N) is 3. The first-order valence-electron chi connectivity index (χ1n) is 11.2. The second kappa shape index (κ2) is 9.35. The molecule has 0 saturated carbocycles. The van der Waals surface area contributed by atoms with E-state index in [1.807, 2.05) is 53.7 Å². The molecule has 1 aliphatic heterocycles. The van der Waals surface area contributed by atoms with Crippen LogP contribution in [0.1, 0.15) is 53.0 Å². The summed E-state index contributed by atoms with van der Waals surface area (Å²) >= 11 is 0. The summed E-state index contributed by atoms with van der Waals surface area (Å²) in [6.45, 7) is 12.7. The van der Waals surface area contributed by atoms with Gasteiger partial charge in [0, 0.05) is 37.3 Å². The summed E-state index contributed by atoms with van der Waals surface area (Å²) in [4.78, 5) is 19.1. The minimum absolute atomic E-state index is 0.0395. The van der Waals surface area contributed by atoms with Crippen molar-refractivity contribution in [3.05, 3.63) is 36.0 Å². The molecule has 0 radical (unpaired) electrons. The molecule has 1 atom stereocenters. The van der Waals surface area contributed by atoms with Gasteiger partial charge in [-0.05, 0) is 78.0 Å². The number of fused-ring (bicyclic) bond motifs is 1. The second-order valence-corrected chi connectivity index (χ2v) is 11.8. The normalized spacial score (nSPS) is 18.2. The van der Waals surface area contributed by atoms with Crippen molar-refractivity contribution >= 4 is 27.0 Å². The van der Waals surface area contributed by atoms with Crippen LogP contribution in [0.15, 0.2) is 35.4 Å². The Morgan fingerprint density at radius 2 is 2.03 bits per heavy atom. The smallest absolute Gasteiger partial charge is 0.410 e. The largest absolute Gasteiger partial charge is 0.444 e. The molecule has 1 aromatic carbocycles. The highest BCUT2D eigenvalue weighted by Crippen LogP contribution is 2.29. The number of hydrogen-bond acceptors (Lipinski definition) is 5. The molecular formula is C24H35N3O4S. The number of ether oxygens (including phenoxy) is 1. The van der Waals surface area contributed by atoms with Crippen molar-refractivity contribution in [2.24, 2.45) is 5.92 Å². The highest BCUT2D eigenvalue weighted by molar-refractivity contribution is 7.89. The molecule has 1 fully saturated rings. The first kappa shape index (κ1) is 24.5. The van der Waals surface area contributed by atoms with E-state index in [1.54, 1.807) is 27.5 Å². The Morgan fingerprint density at radius 1 is 1.31 bits per heavy atom. The van der Waals surface area contributed by atoms with Crippen molar-refractivity contribution < 1.29 is 17.9 Å². The lowest BCUT2D eigenvalue weighted by Gasteiger charge is -2.37. The quantitative estimate of drug-likeness (QED) is 0.651. The molecule has 0 spiro atoms. The predicted molar refractivity (Wildman–Crippen MR) is 126 cm³/mol. The summed E-state index contributed by atoms with van der Waals surface area (Å²) < 4.78 is 34.2. The van der Waals surface area contributed by atoms with Crippen molar-refractivity contribution in [2.75, 3.05) is 19.6 Å². The zero-order chi connectivity index (χ0) is 23.7. The Kier molecular flexibility index (Phi) is 7.15. The fraction of sp³-hybridized carbons (Fsp3) is 0.583. The number of rotatable bonds is 5. The highest BCUT2D eigenvalue weighted by atomic mass is 32.2. The van der Waals surface area contributed by atoms with E-state index in [1.165, 1.54) is 0 Å².